The fraction of sp³-hybridized carbons (Fsp3) is 0.368. The van der Waals surface area contributed by atoms with Crippen molar-refractivity contribution in [3.63, 3.8) is 0 Å². The topological polar surface area (TPSA) is 68.5 Å². The number of aromatic nitrogens is 1. The van der Waals surface area contributed by atoms with Crippen LogP contribution in [0.1, 0.15) is 30.1 Å². The number of nitrogens with zero attached hydrogens (tertiary/aromatic N) is 2. The van der Waals surface area contributed by atoms with Crippen molar-refractivity contribution >= 4 is 5.91 Å². The number of aryl methyl sites for hydroxylation is 1. The van der Waals surface area contributed by atoms with Gasteiger partial charge in [0, 0.05) is 37.7 Å². The zero-order chi connectivity index (χ0) is 16.9. The third kappa shape index (κ3) is 3.92. The molecule has 2 aromatic rings. The minimum absolute atomic E-state index is 0.0201. The van der Waals surface area contributed by atoms with E-state index in [0.29, 0.717) is 19.0 Å². The quantitative estimate of drug-likeness (QED) is 0.937. The van der Waals surface area contributed by atoms with Gasteiger partial charge in [-0.2, -0.15) is 0 Å². The molecule has 0 radical (unpaired) electrons. The highest BCUT2D eigenvalue weighted by molar-refractivity contribution is 5.83. The second-order valence-corrected chi connectivity index (χ2v) is 6.15. The average Bonchev–Trinajstić information content (AvgIpc) is 2.62. The van der Waals surface area contributed by atoms with Crippen molar-refractivity contribution < 1.29 is 9.53 Å². The summed E-state index contributed by atoms with van der Waals surface area (Å²) in [5.41, 5.74) is 7.90. The number of nitrogens with two attached hydrogens (primary N) is 1. The van der Waals surface area contributed by atoms with E-state index in [1.807, 2.05) is 60.4 Å². The summed E-state index contributed by atoms with van der Waals surface area (Å²) >= 11 is 0. The molecule has 1 fully saturated rings. The molecule has 0 aliphatic carbocycles. The molecule has 3 rings (SSSR count). The highest BCUT2D eigenvalue weighted by atomic mass is 16.5. The molecule has 1 aliphatic heterocycles. The van der Waals surface area contributed by atoms with Crippen molar-refractivity contribution in [1.82, 2.24) is 9.88 Å². The summed E-state index contributed by atoms with van der Waals surface area (Å²) in [7, 11) is 0. The van der Waals surface area contributed by atoms with E-state index in [9.17, 15) is 4.79 Å². The third-order valence-electron chi connectivity index (χ3n) is 4.33. The van der Waals surface area contributed by atoms with Gasteiger partial charge in [0.25, 0.3) is 0 Å². The Kier molecular flexibility index (Phi) is 5.11. The lowest BCUT2D eigenvalue weighted by Crippen LogP contribution is -2.45. The smallest absolute Gasteiger partial charge is 0.244 e. The van der Waals surface area contributed by atoms with Gasteiger partial charge in [0.15, 0.2) is 0 Å². The molecule has 0 bridgehead atoms. The van der Waals surface area contributed by atoms with Gasteiger partial charge in [-0.1, -0.05) is 36.4 Å². The summed E-state index contributed by atoms with van der Waals surface area (Å²) in [5, 5.41) is 0. The Bertz CT molecular complexity index is 682. The summed E-state index contributed by atoms with van der Waals surface area (Å²) in [5.74, 6) is 0.633. The number of ether oxygens (including phenoxy) is 1. The van der Waals surface area contributed by atoms with Crippen LogP contribution < -0.4 is 10.5 Å². The molecule has 1 aromatic carbocycles. The molecule has 126 valence electrons. The van der Waals surface area contributed by atoms with Crippen LogP contribution >= 0.6 is 0 Å². The maximum absolute atomic E-state index is 12.6. The van der Waals surface area contributed by atoms with Gasteiger partial charge in [0.2, 0.25) is 11.8 Å². The number of likely N-dealkylation sites (tertiary alicyclic amines) is 1. The van der Waals surface area contributed by atoms with E-state index in [1.165, 1.54) is 0 Å². The van der Waals surface area contributed by atoms with Gasteiger partial charge in [-0.3, -0.25) is 4.79 Å². The fourth-order valence-corrected chi connectivity index (χ4v) is 2.95. The monoisotopic (exact) mass is 325 g/mol. The molecule has 5 nitrogen and oxygen atoms in total. The van der Waals surface area contributed by atoms with Gasteiger partial charge in [-0.25, -0.2) is 4.98 Å². The number of carbonyl (C=O) groups excluding carboxylic acids is 1. The Hall–Kier alpha value is -2.40. The van der Waals surface area contributed by atoms with Crippen LogP contribution in [-0.2, 0) is 4.79 Å². The molecule has 1 saturated heterocycles. The lowest BCUT2D eigenvalue weighted by atomic mass is 10.0. The summed E-state index contributed by atoms with van der Waals surface area (Å²) in [6.07, 6.45) is 1.68. The van der Waals surface area contributed by atoms with Gasteiger partial charge in [0.1, 0.15) is 12.1 Å². The maximum Gasteiger partial charge on any atom is 0.244 e. The second kappa shape index (κ2) is 7.45. The molecule has 2 N–H and O–H groups in total. The summed E-state index contributed by atoms with van der Waals surface area (Å²) in [6, 6.07) is 14.7. The first-order chi connectivity index (χ1) is 11.6. The Morgan fingerprint density at radius 3 is 2.54 bits per heavy atom. The Morgan fingerprint density at radius 1 is 1.17 bits per heavy atom. The largest absolute Gasteiger partial charge is 0.474 e. The molecule has 24 heavy (non-hydrogen) atoms. The maximum atomic E-state index is 12.6. The molecule has 1 atom stereocenters. The van der Waals surface area contributed by atoms with Crippen molar-refractivity contribution in [2.24, 2.45) is 5.73 Å². The molecular weight excluding hydrogens is 302 g/mol. The zero-order valence-corrected chi connectivity index (χ0v) is 13.9. The van der Waals surface area contributed by atoms with Gasteiger partial charge in [0.05, 0.1) is 0 Å². The van der Waals surface area contributed by atoms with Crippen molar-refractivity contribution in [2.75, 3.05) is 13.1 Å². The number of rotatable bonds is 4. The first-order valence-electron chi connectivity index (χ1n) is 8.33. The summed E-state index contributed by atoms with van der Waals surface area (Å²) in [6.45, 7) is 3.27. The van der Waals surface area contributed by atoms with Gasteiger partial charge in [-0.05, 0) is 18.6 Å². The highest BCUT2D eigenvalue weighted by Crippen LogP contribution is 2.20. The van der Waals surface area contributed by atoms with E-state index in [4.69, 9.17) is 10.5 Å². The number of carbonyl (C=O) groups is 1. The van der Waals surface area contributed by atoms with E-state index in [1.54, 1.807) is 0 Å². The predicted molar refractivity (Wildman–Crippen MR) is 92.6 cm³/mol. The zero-order valence-electron chi connectivity index (χ0n) is 13.9. The molecule has 1 aliphatic rings. The second-order valence-electron chi connectivity index (χ2n) is 6.15. The van der Waals surface area contributed by atoms with Crippen LogP contribution in [0, 0.1) is 6.92 Å². The first-order valence-corrected chi connectivity index (χ1v) is 8.33. The van der Waals surface area contributed by atoms with Gasteiger partial charge in [-0.15, -0.1) is 0 Å². The highest BCUT2D eigenvalue weighted by Gasteiger charge is 2.28. The number of hydrogen-bond donors (Lipinski definition) is 1. The Morgan fingerprint density at radius 2 is 1.88 bits per heavy atom. The molecule has 2 heterocycles. The van der Waals surface area contributed by atoms with Crippen molar-refractivity contribution in [1.29, 1.82) is 0 Å². The van der Waals surface area contributed by atoms with Gasteiger partial charge >= 0.3 is 0 Å². The molecule has 5 heteroatoms. The SMILES string of the molecule is Cc1cccc(OC2CCN(C(=O)[C@H](N)c3ccccc3)CC2)n1. The van der Waals surface area contributed by atoms with Crippen LogP contribution in [0.3, 0.4) is 0 Å². The lowest BCUT2D eigenvalue weighted by Gasteiger charge is -2.33. The van der Waals surface area contributed by atoms with Crippen LogP contribution in [0.5, 0.6) is 5.88 Å². The lowest BCUT2D eigenvalue weighted by molar-refractivity contribution is -0.134. The minimum atomic E-state index is -0.595. The van der Waals surface area contributed by atoms with Crippen LogP contribution in [0.4, 0.5) is 0 Å². The predicted octanol–water partition coefficient (Wildman–Crippen LogP) is 2.46. The molecular formula is C19H23N3O2. The van der Waals surface area contributed by atoms with Crippen LogP contribution in [0.25, 0.3) is 0 Å². The average molecular weight is 325 g/mol. The number of benzene rings is 1. The van der Waals surface area contributed by atoms with E-state index in [0.717, 1.165) is 24.1 Å². The third-order valence-corrected chi connectivity index (χ3v) is 4.33. The van der Waals surface area contributed by atoms with Crippen molar-refractivity contribution in [2.45, 2.75) is 31.9 Å². The van der Waals surface area contributed by atoms with E-state index >= 15 is 0 Å². The molecule has 0 saturated carbocycles. The fourth-order valence-electron chi connectivity index (χ4n) is 2.95. The number of hydrogen-bond acceptors (Lipinski definition) is 4. The number of pyridine rings is 1. The minimum Gasteiger partial charge on any atom is -0.474 e. The van der Waals surface area contributed by atoms with Crippen LogP contribution in [-0.4, -0.2) is 35.0 Å². The van der Waals surface area contributed by atoms with Gasteiger partial charge < -0.3 is 15.4 Å². The first kappa shape index (κ1) is 16.5. The Labute approximate surface area is 142 Å². The molecule has 0 unspecified atom stereocenters. The summed E-state index contributed by atoms with van der Waals surface area (Å²) in [4.78, 5) is 18.8. The molecule has 1 aromatic heterocycles. The molecule has 1 amide bonds. The van der Waals surface area contributed by atoms with Crippen molar-refractivity contribution in [3.8, 4) is 5.88 Å². The number of piperidine rings is 1. The van der Waals surface area contributed by atoms with Crippen LogP contribution in [0.15, 0.2) is 48.5 Å². The molecule has 0 spiro atoms. The van der Waals surface area contributed by atoms with E-state index in [2.05, 4.69) is 4.98 Å². The summed E-state index contributed by atoms with van der Waals surface area (Å²) < 4.78 is 5.93. The van der Waals surface area contributed by atoms with Crippen molar-refractivity contribution in [3.05, 3.63) is 59.8 Å². The standard InChI is InChI=1S/C19H23N3O2/c1-14-6-5-9-17(21-14)24-16-10-12-22(13-11-16)19(23)18(20)15-7-3-2-4-8-15/h2-9,16,18H,10-13,20H2,1H3/t18-/m1/s1. The van der Waals surface area contributed by atoms with E-state index < -0.39 is 6.04 Å². The Balaban J connectivity index is 1.54. The normalized spacial score (nSPS) is 16.7. The van der Waals surface area contributed by atoms with Crippen LogP contribution in [0.2, 0.25) is 0 Å². The number of amides is 1. The van der Waals surface area contributed by atoms with E-state index in [-0.39, 0.29) is 12.0 Å².